The smallest absolute Gasteiger partial charge is 0.162 e. The van der Waals surface area contributed by atoms with E-state index in [-0.39, 0.29) is 18.1 Å². The lowest BCUT2D eigenvalue weighted by molar-refractivity contribution is -0.0211. The predicted molar refractivity (Wildman–Crippen MR) is 63.1 cm³/mol. The second-order valence-electron chi connectivity index (χ2n) is 3.97. The topological polar surface area (TPSA) is 29.5 Å². The highest BCUT2D eigenvalue weighted by Crippen LogP contribution is 2.20. The van der Waals surface area contributed by atoms with Gasteiger partial charge in [-0.1, -0.05) is 12.1 Å². The maximum absolute atomic E-state index is 13.4. The Hall–Kier alpha value is -0.650. The van der Waals surface area contributed by atoms with Gasteiger partial charge in [0.25, 0.3) is 0 Å². The normalized spacial score (nSPS) is 22.4. The molecular weight excluding hydrogens is 246 g/mol. The molecular formula is C12H14F2O2S. The molecule has 1 aliphatic heterocycles. The first-order valence-electron chi connectivity index (χ1n) is 5.49. The van der Waals surface area contributed by atoms with E-state index in [0.717, 1.165) is 11.8 Å². The van der Waals surface area contributed by atoms with Crippen molar-refractivity contribution in [3.63, 3.8) is 0 Å². The molecule has 1 aromatic carbocycles. The van der Waals surface area contributed by atoms with Crippen LogP contribution in [0.5, 0.6) is 0 Å². The summed E-state index contributed by atoms with van der Waals surface area (Å²) >= 11 is 1.70. The third kappa shape index (κ3) is 3.18. The molecule has 0 aromatic heterocycles. The first-order chi connectivity index (χ1) is 8.18. The van der Waals surface area contributed by atoms with E-state index in [2.05, 4.69) is 0 Å². The minimum Gasteiger partial charge on any atom is -0.390 e. The Morgan fingerprint density at radius 2 is 2.29 bits per heavy atom. The molecule has 5 heteroatoms. The molecule has 0 aliphatic carbocycles. The molecule has 1 heterocycles. The summed E-state index contributed by atoms with van der Waals surface area (Å²) in [4.78, 5) is 0. The van der Waals surface area contributed by atoms with Crippen LogP contribution in [0.4, 0.5) is 8.78 Å². The third-order valence-electron chi connectivity index (χ3n) is 2.73. The molecule has 2 atom stereocenters. The van der Waals surface area contributed by atoms with Crippen molar-refractivity contribution in [1.82, 2.24) is 0 Å². The van der Waals surface area contributed by atoms with Crippen molar-refractivity contribution in [3.8, 4) is 0 Å². The van der Waals surface area contributed by atoms with Gasteiger partial charge in [0.15, 0.2) is 11.6 Å². The van der Waals surface area contributed by atoms with E-state index in [1.54, 1.807) is 11.8 Å². The van der Waals surface area contributed by atoms with Gasteiger partial charge in [-0.15, -0.1) is 0 Å². The largest absolute Gasteiger partial charge is 0.390 e. The summed E-state index contributed by atoms with van der Waals surface area (Å²) in [7, 11) is 0. The SMILES string of the molecule is OC(Cc1cccc(F)c1F)C1CSCCO1. The summed E-state index contributed by atoms with van der Waals surface area (Å²) in [6.45, 7) is 0.595. The molecule has 2 unspecified atom stereocenters. The van der Waals surface area contributed by atoms with Gasteiger partial charge >= 0.3 is 0 Å². The second kappa shape index (κ2) is 5.80. The molecule has 1 aromatic rings. The molecule has 94 valence electrons. The highest BCUT2D eigenvalue weighted by molar-refractivity contribution is 7.99. The Morgan fingerprint density at radius 3 is 3.00 bits per heavy atom. The van der Waals surface area contributed by atoms with Crippen LogP contribution in [-0.2, 0) is 11.2 Å². The van der Waals surface area contributed by atoms with E-state index in [1.807, 2.05) is 0 Å². The fraction of sp³-hybridized carbons (Fsp3) is 0.500. The van der Waals surface area contributed by atoms with Crippen LogP contribution < -0.4 is 0 Å². The van der Waals surface area contributed by atoms with Crippen LogP contribution in [0.2, 0.25) is 0 Å². The molecule has 0 radical (unpaired) electrons. The van der Waals surface area contributed by atoms with Crippen molar-refractivity contribution in [1.29, 1.82) is 0 Å². The van der Waals surface area contributed by atoms with E-state index < -0.39 is 17.7 Å². The quantitative estimate of drug-likeness (QED) is 0.901. The molecule has 2 nitrogen and oxygen atoms in total. The highest BCUT2D eigenvalue weighted by Gasteiger charge is 2.24. The molecule has 1 aliphatic rings. The summed E-state index contributed by atoms with van der Waals surface area (Å²) in [6.07, 6.45) is -1.01. The summed E-state index contributed by atoms with van der Waals surface area (Å²) < 4.78 is 31.8. The number of rotatable bonds is 3. The molecule has 17 heavy (non-hydrogen) atoms. The van der Waals surface area contributed by atoms with Crippen LogP contribution in [0.1, 0.15) is 5.56 Å². The van der Waals surface area contributed by atoms with Gasteiger partial charge in [0.2, 0.25) is 0 Å². The first-order valence-corrected chi connectivity index (χ1v) is 6.64. The van der Waals surface area contributed by atoms with E-state index in [4.69, 9.17) is 4.74 Å². The zero-order valence-corrected chi connectivity index (χ0v) is 10.1. The standard InChI is InChI=1S/C12H14F2O2S/c13-9-3-1-2-8(12(9)14)6-10(15)11-7-17-5-4-16-11/h1-3,10-11,15H,4-7H2. The van der Waals surface area contributed by atoms with Gasteiger partial charge < -0.3 is 9.84 Å². The van der Waals surface area contributed by atoms with Crippen molar-refractivity contribution < 1.29 is 18.6 Å². The van der Waals surface area contributed by atoms with Crippen molar-refractivity contribution >= 4 is 11.8 Å². The molecule has 0 spiro atoms. The number of ether oxygens (including phenoxy) is 1. The fourth-order valence-corrected chi connectivity index (χ4v) is 2.72. The Bertz CT molecular complexity index is 381. The second-order valence-corrected chi connectivity index (χ2v) is 5.12. The Labute approximate surface area is 103 Å². The number of hydrogen-bond acceptors (Lipinski definition) is 3. The molecule has 0 bridgehead atoms. The molecule has 1 fully saturated rings. The zero-order chi connectivity index (χ0) is 12.3. The summed E-state index contributed by atoms with van der Waals surface area (Å²) in [6, 6.07) is 3.99. The maximum Gasteiger partial charge on any atom is 0.162 e. The number of halogens is 2. The Kier molecular flexibility index (Phi) is 4.36. The molecule has 1 N–H and O–H groups in total. The van der Waals surface area contributed by atoms with Crippen LogP contribution >= 0.6 is 11.8 Å². The lowest BCUT2D eigenvalue weighted by atomic mass is 10.0. The first kappa shape index (κ1) is 12.8. The van der Waals surface area contributed by atoms with Crippen LogP contribution in [0, 0.1) is 11.6 Å². The van der Waals surface area contributed by atoms with Crippen LogP contribution in [0.3, 0.4) is 0 Å². The van der Waals surface area contributed by atoms with Crippen molar-refractivity contribution in [2.24, 2.45) is 0 Å². The van der Waals surface area contributed by atoms with Gasteiger partial charge in [0.1, 0.15) is 0 Å². The van der Waals surface area contributed by atoms with E-state index in [1.165, 1.54) is 12.1 Å². The number of thioether (sulfide) groups is 1. The van der Waals surface area contributed by atoms with Crippen LogP contribution in [0.25, 0.3) is 0 Å². The highest BCUT2D eigenvalue weighted by atomic mass is 32.2. The monoisotopic (exact) mass is 260 g/mol. The van der Waals surface area contributed by atoms with Gasteiger partial charge in [0.05, 0.1) is 18.8 Å². The molecule has 0 saturated carbocycles. The Balaban J connectivity index is 2.01. The van der Waals surface area contributed by atoms with Gasteiger partial charge in [-0.25, -0.2) is 8.78 Å². The summed E-state index contributed by atoms with van der Waals surface area (Å²) in [5.41, 5.74) is 0.191. The lowest BCUT2D eigenvalue weighted by Crippen LogP contribution is -2.36. The van der Waals surface area contributed by atoms with Crippen molar-refractivity contribution in [2.45, 2.75) is 18.6 Å². The number of benzene rings is 1. The van der Waals surface area contributed by atoms with Crippen LogP contribution in [0.15, 0.2) is 18.2 Å². The van der Waals surface area contributed by atoms with E-state index >= 15 is 0 Å². The van der Waals surface area contributed by atoms with Gasteiger partial charge in [-0.3, -0.25) is 0 Å². The molecule has 2 rings (SSSR count). The predicted octanol–water partition coefficient (Wildman–Crippen LogP) is 2.00. The average Bonchev–Trinajstić information content (AvgIpc) is 2.36. The minimum absolute atomic E-state index is 0.0782. The Morgan fingerprint density at radius 1 is 1.47 bits per heavy atom. The maximum atomic E-state index is 13.4. The van der Waals surface area contributed by atoms with Gasteiger partial charge in [-0.05, 0) is 11.6 Å². The van der Waals surface area contributed by atoms with Crippen LogP contribution in [-0.4, -0.2) is 35.4 Å². The van der Waals surface area contributed by atoms with Gasteiger partial charge in [0, 0.05) is 17.9 Å². The van der Waals surface area contributed by atoms with Crippen molar-refractivity contribution in [3.05, 3.63) is 35.4 Å². The zero-order valence-electron chi connectivity index (χ0n) is 9.23. The summed E-state index contributed by atoms with van der Waals surface area (Å²) in [5, 5.41) is 9.92. The number of hydrogen-bond donors (Lipinski definition) is 1. The third-order valence-corrected chi connectivity index (χ3v) is 3.75. The fourth-order valence-electron chi connectivity index (χ4n) is 1.79. The number of aliphatic hydroxyl groups excluding tert-OH is 1. The molecule has 1 saturated heterocycles. The lowest BCUT2D eigenvalue weighted by Gasteiger charge is -2.26. The number of aliphatic hydroxyl groups is 1. The van der Waals surface area contributed by atoms with E-state index in [9.17, 15) is 13.9 Å². The molecule has 0 amide bonds. The minimum atomic E-state index is -0.881. The van der Waals surface area contributed by atoms with Crippen molar-refractivity contribution in [2.75, 3.05) is 18.1 Å². The average molecular weight is 260 g/mol. The summed E-state index contributed by atoms with van der Waals surface area (Å²) in [5.74, 6) is -0.154. The van der Waals surface area contributed by atoms with Gasteiger partial charge in [-0.2, -0.15) is 11.8 Å². The van der Waals surface area contributed by atoms with E-state index in [0.29, 0.717) is 12.4 Å².